The van der Waals surface area contributed by atoms with Crippen molar-refractivity contribution in [1.29, 1.82) is 5.26 Å². The highest BCUT2D eigenvalue weighted by molar-refractivity contribution is 9.10. The fourth-order valence-electron chi connectivity index (χ4n) is 0.482. The Bertz CT molecular complexity index is 307. The number of aromatic nitrogens is 2. The molecule has 0 fully saturated rings. The first-order chi connectivity index (χ1) is 5.27. The summed E-state index contributed by atoms with van der Waals surface area (Å²) in [5, 5.41) is 8.49. The van der Waals surface area contributed by atoms with Gasteiger partial charge in [0.1, 0.15) is 10.7 Å². The van der Waals surface area contributed by atoms with E-state index >= 15 is 0 Å². The lowest BCUT2D eigenvalue weighted by atomic mass is 10.4. The van der Waals surface area contributed by atoms with E-state index in [-0.39, 0.29) is 12.6 Å². The van der Waals surface area contributed by atoms with E-state index in [2.05, 4.69) is 25.9 Å². The van der Waals surface area contributed by atoms with Crippen LogP contribution in [0.2, 0.25) is 0 Å². The van der Waals surface area contributed by atoms with Gasteiger partial charge in [0.15, 0.2) is 5.69 Å². The lowest BCUT2D eigenvalue weighted by molar-refractivity contribution is 1.06. The first-order valence-electron chi connectivity index (χ1n) is 3.19. The number of aryl methyl sites for hydroxylation is 1. The van der Waals surface area contributed by atoms with E-state index in [4.69, 9.17) is 6.63 Å². The average molecular weight is 199 g/mol. The predicted molar refractivity (Wildman–Crippen MR) is 39.2 cm³/mol. The fourth-order valence-corrected chi connectivity index (χ4v) is 0.762. The summed E-state index contributed by atoms with van der Waals surface area (Å²) in [6.07, 6.45) is 1.47. The average Bonchev–Trinajstić information content (AvgIpc) is 2.05. The molecule has 10 heavy (non-hydrogen) atoms. The van der Waals surface area contributed by atoms with Gasteiger partial charge >= 0.3 is 0 Å². The number of nitrogens with zero attached hydrogens (tertiary/aromatic N) is 3. The summed E-state index contributed by atoms with van der Waals surface area (Å²) >= 11 is 3.06. The molecule has 4 heteroatoms. The van der Waals surface area contributed by atoms with Crippen LogP contribution in [0.4, 0.5) is 0 Å². The van der Waals surface area contributed by atoms with Crippen molar-refractivity contribution in [1.82, 2.24) is 9.97 Å². The van der Waals surface area contributed by atoms with Crippen molar-refractivity contribution in [3.05, 3.63) is 22.2 Å². The zero-order valence-electron chi connectivity index (χ0n) is 6.00. The molecule has 50 valence electrons. The van der Waals surface area contributed by atoms with Crippen molar-refractivity contribution in [2.75, 3.05) is 0 Å². The van der Waals surface area contributed by atoms with E-state index in [0.717, 1.165) is 0 Å². The highest BCUT2D eigenvalue weighted by Gasteiger charge is 1.99. The van der Waals surface area contributed by atoms with Gasteiger partial charge in [-0.05, 0) is 22.8 Å². The summed E-state index contributed by atoms with van der Waals surface area (Å²) in [5.74, 6) is 0. The van der Waals surface area contributed by atoms with Crippen LogP contribution >= 0.6 is 15.9 Å². The van der Waals surface area contributed by atoms with E-state index in [0.29, 0.717) is 10.3 Å². The molecule has 1 rings (SSSR count). The van der Waals surface area contributed by atoms with Crippen molar-refractivity contribution >= 4 is 15.9 Å². The van der Waals surface area contributed by atoms with Crippen LogP contribution in [-0.4, -0.2) is 9.97 Å². The van der Waals surface area contributed by atoms with Gasteiger partial charge in [0.05, 0.1) is 5.69 Å². The molecule has 3 nitrogen and oxygen atoms in total. The molecule has 0 atom stereocenters. The van der Waals surface area contributed by atoms with Crippen molar-refractivity contribution in [2.45, 2.75) is 6.90 Å². The molecule has 1 aromatic heterocycles. The molecule has 0 bridgehead atoms. The molecule has 0 amide bonds. The molecule has 0 aliphatic carbocycles. The predicted octanol–water partition coefficient (Wildman–Crippen LogP) is 1.42. The maximum absolute atomic E-state index is 8.49. The topological polar surface area (TPSA) is 49.6 Å². The van der Waals surface area contributed by atoms with E-state index in [1.807, 2.05) is 6.07 Å². The monoisotopic (exact) mass is 198 g/mol. The summed E-state index contributed by atoms with van der Waals surface area (Å²) in [6.45, 7) is 0.0506. The zero-order valence-corrected chi connectivity index (χ0v) is 6.59. The van der Waals surface area contributed by atoms with Gasteiger partial charge in [-0.15, -0.1) is 0 Å². The fraction of sp³-hybridized carbons (Fsp3) is 0.167. The second-order valence-electron chi connectivity index (χ2n) is 1.61. The minimum atomic E-state index is 0.0506. The lowest BCUT2D eigenvalue weighted by Gasteiger charge is -1.92. The van der Waals surface area contributed by atoms with Gasteiger partial charge in [-0.3, -0.25) is 0 Å². The van der Waals surface area contributed by atoms with Gasteiger partial charge in [-0.25, -0.2) is 9.97 Å². The Morgan fingerprint density at radius 2 is 2.70 bits per heavy atom. The van der Waals surface area contributed by atoms with Gasteiger partial charge in [0.25, 0.3) is 0 Å². The van der Waals surface area contributed by atoms with Crippen molar-refractivity contribution in [3.63, 3.8) is 0 Å². The molecule has 0 aliphatic heterocycles. The van der Waals surface area contributed by atoms with Crippen LogP contribution in [0.25, 0.3) is 0 Å². The largest absolute Gasteiger partial charge is 0.244 e. The molecule has 0 aromatic carbocycles. The highest BCUT2D eigenvalue weighted by atomic mass is 79.9. The number of hydrogen-bond acceptors (Lipinski definition) is 3. The summed E-state index contributed by atoms with van der Waals surface area (Å²) in [4.78, 5) is 7.68. The van der Waals surface area contributed by atoms with Crippen LogP contribution < -0.4 is 0 Å². The molecule has 1 aromatic rings. The Labute approximate surface area is 68.3 Å². The van der Waals surface area contributed by atoms with Crippen LogP contribution in [-0.2, 0) is 0 Å². The molecule has 0 N–H and O–H groups in total. The molecule has 0 aliphatic rings. The first kappa shape index (κ1) is 5.81. The zero-order chi connectivity index (χ0) is 8.27. The Hall–Kier alpha value is -0.950. The molecule has 0 saturated heterocycles. The van der Waals surface area contributed by atoms with Gasteiger partial charge in [-0.1, -0.05) is 0 Å². The van der Waals surface area contributed by atoms with Gasteiger partial charge < -0.3 is 0 Å². The van der Waals surface area contributed by atoms with E-state index < -0.39 is 0 Å². The van der Waals surface area contributed by atoms with Gasteiger partial charge in [0.2, 0.25) is 0 Å². The van der Waals surface area contributed by atoms with Crippen LogP contribution in [0.5, 0.6) is 0 Å². The lowest BCUT2D eigenvalue weighted by Crippen LogP contribution is -1.90. The number of hydrogen-bond donors (Lipinski definition) is 0. The smallest absolute Gasteiger partial charge is 0.173 e. The third kappa shape index (κ3) is 1.31. The maximum atomic E-state index is 8.49. The Morgan fingerprint density at radius 1 is 1.90 bits per heavy atom. The summed E-state index contributed by atoms with van der Waals surface area (Å²) < 4.78 is 7.39. The van der Waals surface area contributed by atoms with Crippen molar-refractivity contribution in [3.8, 4) is 6.07 Å². The summed E-state index contributed by atoms with van der Waals surface area (Å²) in [7, 11) is 0. The number of nitriles is 1. The Balaban J connectivity index is 3.15. The normalized spacial score (nSPS) is 10.2. The molecular weight excluding hydrogens is 194 g/mol. The standard InChI is InChI=1S/C6H4BrN3/c1-4-3-9-6(7)5(2-8)10-4/h3H,1H3/i1D. The SMILES string of the molecule is [2H]Cc1cnc(Br)c(C#N)n1. The van der Waals surface area contributed by atoms with E-state index in [1.165, 1.54) is 6.20 Å². The van der Waals surface area contributed by atoms with Crippen LogP contribution in [0.3, 0.4) is 0 Å². The minimum absolute atomic E-state index is 0.0506. The Kier molecular flexibility index (Phi) is 1.60. The van der Waals surface area contributed by atoms with Gasteiger partial charge in [0, 0.05) is 7.57 Å². The Morgan fingerprint density at radius 3 is 3.30 bits per heavy atom. The summed E-state index contributed by atoms with van der Waals surface area (Å²) in [5.41, 5.74) is 0.736. The van der Waals surface area contributed by atoms with Crippen LogP contribution in [0.15, 0.2) is 10.8 Å². The quantitative estimate of drug-likeness (QED) is 0.634. The number of rotatable bonds is 0. The molecule has 0 unspecified atom stereocenters. The van der Waals surface area contributed by atoms with Gasteiger partial charge in [-0.2, -0.15) is 5.26 Å². The maximum Gasteiger partial charge on any atom is 0.173 e. The second-order valence-corrected chi connectivity index (χ2v) is 2.36. The van der Waals surface area contributed by atoms with Crippen molar-refractivity contribution < 1.29 is 1.37 Å². The molecular formula is C6H4BrN3. The van der Waals surface area contributed by atoms with Crippen LogP contribution in [0.1, 0.15) is 12.8 Å². The van der Waals surface area contributed by atoms with E-state index in [9.17, 15) is 0 Å². The molecule has 1 heterocycles. The number of halogens is 1. The first-order valence-corrected chi connectivity index (χ1v) is 3.28. The van der Waals surface area contributed by atoms with Crippen LogP contribution in [0, 0.1) is 18.2 Å². The third-order valence-corrected chi connectivity index (χ3v) is 1.46. The van der Waals surface area contributed by atoms with Crippen molar-refractivity contribution in [2.24, 2.45) is 0 Å². The highest BCUT2D eigenvalue weighted by Crippen LogP contribution is 2.08. The summed E-state index contributed by atoms with van der Waals surface area (Å²) in [6, 6.07) is 1.87. The third-order valence-electron chi connectivity index (χ3n) is 0.884. The molecule has 0 saturated carbocycles. The minimum Gasteiger partial charge on any atom is -0.244 e. The molecule has 0 spiro atoms. The second kappa shape index (κ2) is 2.76. The molecule has 0 radical (unpaired) electrons. The van der Waals surface area contributed by atoms with E-state index in [1.54, 1.807) is 0 Å².